The quantitative estimate of drug-likeness (QED) is 0.180. The van der Waals surface area contributed by atoms with Crippen LogP contribution in [0.2, 0.25) is 0 Å². The maximum Gasteiger partial charge on any atom is 0.315 e. The topological polar surface area (TPSA) is 186 Å². The van der Waals surface area contributed by atoms with Gasteiger partial charge >= 0.3 is 6.03 Å². The average molecular weight is 786 g/mol. The summed E-state index contributed by atoms with van der Waals surface area (Å²) in [7, 11) is 3.08. The molecule has 1 aromatic carbocycles. The fourth-order valence-electron chi connectivity index (χ4n) is 8.39. The van der Waals surface area contributed by atoms with Gasteiger partial charge in [-0.3, -0.25) is 28.8 Å². The van der Waals surface area contributed by atoms with Gasteiger partial charge in [0.25, 0.3) is 5.91 Å². The number of likely N-dealkylation sites (tertiary alicyclic amines) is 1. The lowest BCUT2D eigenvalue weighted by atomic mass is 9.83. The van der Waals surface area contributed by atoms with Crippen LogP contribution in [0, 0.1) is 23.7 Å². The largest absolute Gasteiger partial charge is 0.347 e. The SMILES string of the molecule is CN(C)C(=O)[C@@H](NC(=O)CNC(=O)C(=O)C(CC1CC1)NC(=O)[C@@H]1[C@H]2CC(F)(F)C[C@H]2CN1C(=O)[C@@H](NC(=O)NC(C)(C)C)C1CCCCC1)c1ccccc1. The van der Waals surface area contributed by atoms with E-state index >= 15 is 0 Å². The van der Waals surface area contributed by atoms with Crippen LogP contribution >= 0.6 is 0 Å². The van der Waals surface area contributed by atoms with Crippen LogP contribution in [-0.4, -0.2) is 108 Å². The number of alkyl halides is 2. The van der Waals surface area contributed by atoms with Gasteiger partial charge in [-0.15, -0.1) is 0 Å². The van der Waals surface area contributed by atoms with Crippen molar-refractivity contribution in [1.82, 2.24) is 36.4 Å². The van der Waals surface area contributed by atoms with E-state index in [1.54, 1.807) is 51.1 Å². The second kappa shape index (κ2) is 17.7. The summed E-state index contributed by atoms with van der Waals surface area (Å²) < 4.78 is 29.7. The Morgan fingerprint density at radius 3 is 2.16 bits per heavy atom. The van der Waals surface area contributed by atoms with Crippen LogP contribution in [0.3, 0.4) is 0 Å². The van der Waals surface area contributed by atoms with Gasteiger partial charge in [-0.25, -0.2) is 13.6 Å². The summed E-state index contributed by atoms with van der Waals surface area (Å²) in [6.45, 7) is 4.66. The van der Waals surface area contributed by atoms with E-state index in [1.807, 2.05) is 0 Å². The summed E-state index contributed by atoms with van der Waals surface area (Å²) >= 11 is 0. The van der Waals surface area contributed by atoms with Crippen LogP contribution in [0.25, 0.3) is 0 Å². The number of likely N-dealkylation sites (N-methyl/N-ethyl adjacent to an activating group) is 1. The fourth-order valence-corrected chi connectivity index (χ4v) is 8.39. The van der Waals surface area contributed by atoms with Crippen molar-refractivity contribution in [1.29, 1.82) is 0 Å². The number of hydrogen-bond donors (Lipinski definition) is 5. The van der Waals surface area contributed by atoms with Gasteiger partial charge in [0.1, 0.15) is 18.1 Å². The van der Waals surface area contributed by atoms with Crippen LogP contribution in [0.4, 0.5) is 13.6 Å². The highest BCUT2D eigenvalue weighted by molar-refractivity contribution is 6.38. The predicted octanol–water partition coefficient (Wildman–Crippen LogP) is 2.82. The second-order valence-corrected chi connectivity index (χ2v) is 17.3. The Kier molecular flexibility index (Phi) is 13.4. The molecule has 0 aromatic heterocycles. The molecule has 56 heavy (non-hydrogen) atoms. The molecular formula is C40H57F2N7O7. The summed E-state index contributed by atoms with van der Waals surface area (Å²) in [4.78, 5) is 97.1. The molecule has 0 radical (unpaired) electrons. The number of rotatable bonds is 14. The van der Waals surface area contributed by atoms with E-state index in [0.717, 1.165) is 32.1 Å². The molecule has 7 amide bonds. The van der Waals surface area contributed by atoms with Gasteiger partial charge in [0.15, 0.2) is 0 Å². The number of fused-ring (bicyclic) bond motifs is 1. The molecule has 4 fully saturated rings. The number of amides is 7. The number of nitrogens with zero attached hydrogens (tertiary/aromatic N) is 2. The van der Waals surface area contributed by atoms with Crippen LogP contribution < -0.4 is 26.6 Å². The molecule has 16 heteroatoms. The molecule has 1 aliphatic heterocycles. The lowest BCUT2D eigenvalue weighted by Gasteiger charge is -2.36. The van der Waals surface area contributed by atoms with Gasteiger partial charge in [0.05, 0.1) is 12.6 Å². The Balaban J connectivity index is 1.31. The first-order valence-electron chi connectivity index (χ1n) is 19.8. The van der Waals surface area contributed by atoms with E-state index in [9.17, 15) is 42.3 Å². The summed E-state index contributed by atoms with van der Waals surface area (Å²) in [5, 5.41) is 13.2. The number of Topliss-reactive ketones (excluding diaryl/α,β-unsaturated/α-hetero) is 1. The molecule has 14 nitrogen and oxygen atoms in total. The van der Waals surface area contributed by atoms with Gasteiger partial charge in [0.2, 0.25) is 35.3 Å². The van der Waals surface area contributed by atoms with E-state index in [2.05, 4.69) is 26.6 Å². The molecule has 1 aromatic rings. The van der Waals surface area contributed by atoms with E-state index in [0.29, 0.717) is 18.4 Å². The van der Waals surface area contributed by atoms with E-state index in [4.69, 9.17) is 0 Å². The highest BCUT2D eigenvalue weighted by atomic mass is 19.3. The molecule has 1 saturated heterocycles. The zero-order chi connectivity index (χ0) is 40.9. The molecule has 1 unspecified atom stereocenters. The number of nitrogens with one attached hydrogen (secondary N) is 5. The number of ketones is 1. The molecule has 0 bridgehead atoms. The maximum absolute atomic E-state index is 14.8. The first kappa shape index (κ1) is 42.5. The van der Waals surface area contributed by atoms with Crippen molar-refractivity contribution in [2.75, 3.05) is 27.2 Å². The molecule has 3 saturated carbocycles. The molecule has 5 rings (SSSR count). The Bertz CT molecular complexity index is 1640. The number of urea groups is 1. The van der Waals surface area contributed by atoms with Crippen molar-refractivity contribution in [2.24, 2.45) is 23.7 Å². The lowest BCUT2D eigenvalue weighted by Crippen LogP contribution is -2.60. The average Bonchev–Trinajstić information content (AvgIpc) is 3.82. The minimum absolute atomic E-state index is 0.0371. The molecule has 308 valence electrons. The molecule has 3 aliphatic carbocycles. The minimum Gasteiger partial charge on any atom is -0.347 e. The molecule has 0 spiro atoms. The Hall–Kier alpha value is -4.63. The van der Waals surface area contributed by atoms with Gasteiger partial charge < -0.3 is 36.4 Å². The number of hydrogen-bond acceptors (Lipinski definition) is 7. The fraction of sp³-hybridized carbons (Fsp3) is 0.675. The van der Waals surface area contributed by atoms with E-state index in [1.165, 1.54) is 23.9 Å². The molecule has 1 heterocycles. The zero-order valence-corrected chi connectivity index (χ0v) is 33.0. The monoisotopic (exact) mass is 785 g/mol. The first-order chi connectivity index (χ1) is 26.3. The van der Waals surface area contributed by atoms with Crippen molar-refractivity contribution in [2.45, 2.75) is 121 Å². The highest BCUT2D eigenvalue weighted by Gasteiger charge is 2.59. The Morgan fingerprint density at radius 1 is 0.893 bits per heavy atom. The van der Waals surface area contributed by atoms with Crippen LogP contribution in [0.15, 0.2) is 30.3 Å². The normalized spacial score (nSPS) is 23.5. The number of carbonyl (C=O) groups is 7. The van der Waals surface area contributed by atoms with Crippen molar-refractivity contribution >= 4 is 41.4 Å². The van der Waals surface area contributed by atoms with Gasteiger partial charge in [-0.1, -0.05) is 62.4 Å². The molecular weight excluding hydrogens is 728 g/mol. The Labute approximate surface area is 327 Å². The number of benzene rings is 1. The Morgan fingerprint density at radius 2 is 1.55 bits per heavy atom. The molecule has 5 N–H and O–H groups in total. The smallest absolute Gasteiger partial charge is 0.315 e. The molecule has 6 atom stereocenters. The predicted molar refractivity (Wildman–Crippen MR) is 202 cm³/mol. The van der Waals surface area contributed by atoms with Gasteiger partial charge in [-0.05, 0) is 69.3 Å². The third-order valence-corrected chi connectivity index (χ3v) is 11.2. The van der Waals surface area contributed by atoms with Crippen LogP contribution in [0.1, 0.15) is 96.6 Å². The summed E-state index contributed by atoms with van der Waals surface area (Å²) in [6.07, 6.45) is 4.56. The van der Waals surface area contributed by atoms with Crippen molar-refractivity contribution in [3.63, 3.8) is 0 Å². The van der Waals surface area contributed by atoms with E-state index < -0.39 is 108 Å². The van der Waals surface area contributed by atoms with Crippen LogP contribution in [0.5, 0.6) is 0 Å². The third kappa shape index (κ3) is 11.0. The lowest BCUT2D eigenvalue weighted by molar-refractivity contribution is -0.145. The van der Waals surface area contributed by atoms with Crippen LogP contribution in [-0.2, 0) is 28.8 Å². The minimum atomic E-state index is -3.04. The van der Waals surface area contributed by atoms with E-state index in [-0.39, 0.29) is 24.8 Å². The van der Waals surface area contributed by atoms with Gasteiger partial charge in [0, 0.05) is 39.0 Å². The van der Waals surface area contributed by atoms with Crippen molar-refractivity contribution < 1.29 is 42.3 Å². The zero-order valence-electron chi connectivity index (χ0n) is 33.0. The standard InChI is InChI=1S/C40H57F2N7O7/c1-39(2,3)47-38(56)46-31(25-14-10-7-11-15-25)37(55)49-22-26-19-40(41,42)20-27(26)32(49)34(52)44-28(18-23-16-17-23)33(51)35(53)43-21-29(50)45-30(36(54)48(4)5)24-12-8-6-9-13-24/h6,8-9,12-13,23,25-28,30-32H,7,10-11,14-22H2,1-5H3,(H,43,53)(H,44,52)(H,45,50)(H2,46,47,56)/t26-,27-,28?,30-,31-,32-/m0/s1. The van der Waals surface area contributed by atoms with Gasteiger partial charge in [-0.2, -0.15) is 0 Å². The first-order valence-corrected chi connectivity index (χ1v) is 19.8. The third-order valence-electron chi connectivity index (χ3n) is 11.2. The molecule has 4 aliphatic rings. The highest BCUT2D eigenvalue weighted by Crippen LogP contribution is 2.50. The second-order valence-electron chi connectivity index (χ2n) is 17.3. The number of carbonyl (C=O) groups excluding carboxylic acids is 7. The summed E-state index contributed by atoms with van der Waals surface area (Å²) in [5.41, 5.74) is -0.0810. The van der Waals surface area contributed by atoms with Crippen molar-refractivity contribution in [3.8, 4) is 0 Å². The maximum atomic E-state index is 14.8. The number of halogens is 2. The summed E-state index contributed by atoms with van der Waals surface area (Å²) in [6, 6.07) is 3.24. The van der Waals surface area contributed by atoms with Crippen molar-refractivity contribution in [3.05, 3.63) is 35.9 Å². The summed E-state index contributed by atoms with van der Waals surface area (Å²) in [5.74, 6) is -9.47.